The van der Waals surface area contributed by atoms with Crippen LogP contribution in [-0.4, -0.2) is 29.4 Å². The van der Waals surface area contributed by atoms with Gasteiger partial charge in [0.25, 0.3) is 5.91 Å². The second-order valence-electron chi connectivity index (χ2n) is 5.99. The molecule has 1 fully saturated rings. The van der Waals surface area contributed by atoms with Crippen molar-refractivity contribution in [3.63, 3.8) is 0 Å². The van der Waals surface area contributed by atoms with Crippen molar-refractivity contribution >= 4 is 52.7 Å². The highest BCUT2D eigenvalue weighted by atomic mass is 35.5. The number of rotatable bonds is 4. The van der Waals surface area contributed by atoms with Crippen molar-refractivity contribution in [3.05, 3.63) is 63.1 Å². The van der Waals surface area contributed by atoms with E-state index in [1.165, 1.54) is 12.1 Å². The highest BCUT2D eigenvalue weighted by Gasteiger charge is 2.49. The molecule has 0 aliphatic carbocycles. The van der Waals surface area contributed by atoms with Crippen LogP contribution in [0.15, 0.2) is 42.5 Å². The zero-order valence-corrected chi connectivity index (χ0v) is 16.2. The van der Waals surface area contributed by atoms with E-state index in [2.05, 4.69) is 5.32 Å². The lowest BCUT2D eigenvalue weighted by Gasteiger charge is -2.22. The van der Waals surface area contributed by atoms with Gasteiger partial charge in [-0.05, 0) is 24.6 Å². The summed E-state index contributed by atoms with van der Waals surface area (Å²) in [5.41, 5.74) is -0.670. The lowest BCUT2D eigenvalue weighted by atomic mass is 9.92. The van der Waals surface area contributed by atoms with Gasteiger partial charge in [-0.2, -0.15) is 0 Å². The molecule has 1 aliphatic rings. The van der Waals surface area contributed by atoms with E-state index in [1.54, 1.807) is 37.3 Å². The Morgan fingerprint density at radius 3 is 2.30 bits per heavy atom. The quantitative estimate of drug-likeness (QED) is 0.454. The van der Waals surface area contributed by atoms with Crippen LogP contribution in [0.2, 0.25) is 15.1 Å². The molecule has 0 radical (unpaired) electrons. The van der Waals surface area contributed by atoms with E-state index in [0.29, 0.717) is 5.56 Å². The van der Waals surface area contributed by atoms with Crippen molar-refractivity contribution in [1.29, 1.82) is 0 Å². The standard InChI is InChI=1S/C18H13Cl3N2O4/c1-18(10-5-3-2-4-6-10)16(25)23(17(26)22-18)9-14(24)27-15-12(20)7-11(19)8-13(15)21/h2-8H,9H2,1H3,(H,22,26). The molecule has 0 aromatic heterocycles. The average molecular weight is 428 g/mol. The maximum absolute atomic E-state index is 12.8. The molecule has 3 amide bonds. The molecule has 6 nitrogen and oxygen atoms in total. The monoisotopic (exact) mass is 426 g/mol. The number of nitrogens with one attached hydrogen (secondary N) is 1. The Morgan fingerprint density at radius 2 is 1.70 bits per heavy atom. The van der Waals surface area contributed by atoms with Gasteiger partial charge in [-0.3, -0.25) is 9.69 Å². The highest BCUT2D eigenvalue weighted by molar-refractivity contribution is 6.40. The number of ether oxygens (including phenoxy) is 1. The molecule has 1 saturated heterocycles. The number of carbonyl (C=O) groups is 3. The van der Waals surface area contributed by atoms with Gasteiger partial charge >= 0.3 is 12.0 Å². The molecule has 1 heterocycles. The number of urea groups is 1. The number of esters is 1. The van der Waals surface area contributed by atoms with Crippen LogP contribution in [0, 0.1) is 0 Å². The van der Waals surface area contributed by atoms with Gasteiger partial charge in [0.15, 0.2) is 5.75 Å². The Morgan fingerprint density at radius 1 is 1.11 bits per heavy atom. The number of amides is 3. The fraction of sp³-hybridized carbons (Fsp3) is 0.167. The van der Waals surface area contributed by atoms with Gasteiger partial charge in [-0.25, -0.2) is 9.59 Å². The van der Waals surface area contributed by atoms with Crippen molar-refractivity contribution in [2.45, 2.75) is 12.5 Å². The van der Waals surface area contributed by atoms with E-state index in [4.69, 9.17) is 39.5 Å². The van der Waals surface area contributed by atoms with Gasteiger partial charge < -0.3 is 10.1 Å². The molecule has 3 rings (SSSR count). The van der Waals surface area contributed by atoms with E-state index < -0.39 is 30.0 Å². The average Bonchev–Trinajstić information content (AvgIpc) is 2.83. The second kappa shape index (κ2) is 7.38. The Bertz CT molecular complexity index is 912. The number of hydrogen-bond acceptors (Lipinski definition) is 4. The molecular weight excluding hydrogens is 415 g/mol. The second-order valence-corrected chi connectivity index (χ2v) is 7.24. The number of hydrogen-bond donors (Lipinski definition) is 1. The molecule has 27 heavy (non-hydrogen) atoms. The molecule has 1 unspecified atom stereocenters. The first-order chi connectivity index (χ1) is 12.7. The number of nitrogens with zero attached hydrogens (tertiary/aromatic N) is 1. The summed E-state index contributed by atoms with van der Waals surface area (Å²) >= 11 is 17.8. The predicted octanol–water partition coefficient (Wildman–Crippen LogP) is 4.02. The molecule has 1 N–H and O–H groups in total. The van der Waals surface area contributed by atoms with Gasteiger partial charge in [-0.15, -0.1) is 0 Å². The molecule has 2 aromatic rings. The normalized spacial score (nSPS) is 19.2. The van der Waals surface area contributed by atoms with Crippen molar-refractivity contribution in [1.82, 2.24) is 10.2 Å². The Hall–Kier alpha value is -2.28. The van der Waals surface area contributed by atoms with Crippen molar-refractivity contribution < 1.29 is 19.1 Å². The molecule has 0 bridgehead atoms. The van der Waals surface area contributed by atoms with Gasteiger partial charge in [-0.1, -0.05) is 65.1 Å². The molecule has 140 valence electrons. The first-order valence-electron chi connectivity index (χ1n) is 7.77. The minimum absolute atomic E-state index is 0.0344. The topological polar surface area (TPSA) is 75.7 Å². The molecule has 0 saturated carbocycles. The minimum atomic E-state index is -1.27. The van der Waals surface area contributed by atoms with Gasteiger partial charge in [0.05, 0.1) is 10.0 Å². The zero-order valence-electron chi connectivity index (χ0n) is 14.0. The van der Waals surface area contributed by atoms with Crippen LogP contribution in [0.5, 0.6) is 5.75 Å². The number of imide groups is 1. The van der Waals surface area contributed by atoms with Gasteiger partial charge in [0, 0.05) is 5.02 Å². The number of halogens is 3. The van der Waals surface area contributed by atoms with Gasteiger partial charge in [0.1, 0.15) is 12.1 Å². The summed E-state index contributed by atoms with van der Waals surface area (Å²) in [4.78, 5) is 38.1. The molecular formula is C18H13Cl3N2O4. The predicted molar refractivity (Wildman–Crippen MR) is 101 cm³/mol. The van der Waals surface area contributed by atoms with E-state index in [-0.39, 0.29) is 20.8 Å². The van der Waals surface area contributed by atoms with Crippen molar-refractivity contribution in [2.75, 3.05) is 6.54 Å². The summed E-state index contributed by atoms with van der Waals surface area (Å²) in [6.45, 7) is 0.975. The van der Waals surface area contributed by atoms with E-state index in [0.717, 1.165) is 4.90 Å². The molecule has 2 aromatic carbocycles. The zero-order chi connectivity index (χ0) is 19.8. The Balaban J connectivity index is 1.77. The molecule has 1 aliphatic heterocycles. The van der Waals surface area contributed by atoms with E-state index in [9.17, 15) is 14.4 Å². The summed E-state index contributed by atoms with van der Waals surface area (Å²) < 4.78 is 5.13. The van der Waals surface area contributed by atoms with Crippen LogP contribution in [0.3, 0.4) is 0 Å². The van der Waals surface area contributed by atoms with Crippen LogP contribution in [0.25, 0.3) is 0 Å². The summed E-state index contributed by atoms with van der Waals surface area (Å²) in [7, 11) is 0. The highest BCUT2D eigenvalue weighted by Crippen LogP contribution is 2.36. The molecule has 1 atom stereocenters. The Labute approximate surface area is 169 Å². The summed E-state index contributed by atoms with van der Waals surface area (Å²) in [5, 5.41) is 2.95. The van der Waals surface area contributed by atoms with E-state index in [1.807, 2.05) is 0 Å². The summed E-state index contributed by atoms with van der Waals surface area (Å²) in [6, 6.07) is 10.7. The lowest BCUT2D eigenvalue weighted by molar-refractivity contribution is -0.140. The van der Waals surface area contributed by atoms with Crippen LogP contribution >= 0.6 is 34.8 Å². The fourth-order valence-corrected chi connectivity index (χ4v) is 3.60. The SMILES string of the molecule is CC1(c2ccccc2)NC(=O)N(CC(=O)Oc2c(Cl)cc(Cl)cc2Cl)C1=O. The third-order valence-corrected chi connectivity index (χ3v) is 4.87. The smallest absolute Gasteiger partial charge is 0.331 e. The van der Waals surface area contributed by atoms with E-state index >= 15 is 0 Å². The van der Waals surface area contributed by atoms with Crippen LogP contribution in [0.4, 0.5) is 4.79 Å². The first-order valence-corrected chi connectivity index (χ1v) is 8.90. The Kier molecular flexibility index (Phi) is 5.33. The van der Waals surface area contributed by atoms with Crippen LogP contribution in [-0.2, 0) is 15.1 Å². The first kappa shape index (κ1) is 19.5. The van der Waals surface area contributed by atoms with Crippen LogP contribution in [0.1, 0.15) is 12.5 Å². The number of benzene rings is 2. The van der Waals surface area contributed by atoms with Crippen molar-refractivity contribution in [3.8, 4) is 5.75 Å². The van der Waals surface area contributed by atoms with Crippen LogP contribution < -0.4 is 10.1 Å². The maximum atomic E-state index is 12.8. The third kappa shape index (κ3) is 3.74. The number of carbonyl (C=O) groups excluding carboxylic acids is 3. The van der Waals surface area contributed by atoms with Gasteiger partial charge in [0.2, 0.25) is 0 Å². The molecule has 9 heteroatoms. The fourth-order valence-electron chi connectivity index (χ4n) is 2.71. The largest absolute Gasteiger partial charge is 0.422 e. The third-order valence-electron chi connectivity index (χ3n) is 4.09. The summed E-state index contributed by atoms with van der Waals surface area (Å²) in [6.07, 6.45) is 0. The summed E-state index contributed by atoms with van der Waals surface area (Å²) in [5.74, 6) is -1.53. The van der Waals surface area contributed by atoms with Crippen molar-refractivity contribution in [2.24, 2.45) is 0 Å². The maximum Gasteiger partial charge on any atom is 0.331 e. The lowest BCUT2D eigenvalue weighted by Crippen LogP contribution is -2.41. The molecule has 0 spiro atoms. The minimum Gasteiger partial charge on any atom is -0.422 e.